The number of likely N-dealkylation sites (tertiary alicyclic amines) is 1. The van der Waals surface area contributed by atoms with Crippen LogP contribution >= 0.6 is 0 Å². The van der Waals surface area contributed by atoms with Gasteiger partial charge in [-0.25, -0.2) is 9.78 Å². The fraction of sp³-hybridized carbons (Fsp3) is 0.333. The summed E-state index contributed by atoms with van der Waals surface area (Å²) >= 11 is 0. The van der Waals surface area contributed by atoms with Gasteiger partial charge in [-0.05, 0) is 34.9 Å². The third-order valence-corrected chi connectivity index (χ3v) is 7.45. The second kappa shape index (κ2) is 8.24. The van der Waals surface area contributed by atoms with Crippen LogP contribution in [0.4, 0.5) is 0 Å². The van der Waals surface area contributed by atoms with Crippen LogP contribution in [0.2, 0.25) is 0 Å². The summed E-state index contributed by atoms with van der Waals surface area (Å²) in [5, 5.41) is 13.4. The SMILES string of the molecule is CC1(C)[C@@H]2C(C(=O)N[C@@H](Cc3ccccc3)C(=O)O)N(C(=O)c3ccc4ccccc4n3)C[C@@H]21. The van der Waals surface area contributed by atoms with Crippen molar-refractivity contribution in [2.24, 2.45) is 17.3 Å². The predicted octanol–water partition coefficient (Wildman–Crippen LogP) is 3.14. The van der Waals surface area contributed by atoms with Gasteiger partial charge in [0.25, 0.3) is 5.91 Å². The van der Waals surface area contributed by atoms with Crippen molar-refractivity contribution in [1.82, 2.24) is 15.2 Å². The average Bonchev–Trinajstić information content (AvgIpc) is 3.17. The maximum absolute atomic E-state index is 13.5. The summed E-state index contributed by atoms with van der Waals surface area (Å²) in [5.41, 5.74) is 1.75. The number of fused-ring (bicyclic) bond motifs is 2. The summed E-state index contributed by atoms with van der Waals surface area (Å²) < 4.78 is 0. The standard InChI is InChI=1S/C27H27N3O4/c1-27(2)18-15-30(25(32)20-13-12-17-10-6-7-11-19(17)28-20)23(22(18)27)24(31)29-21(26(33)34)14-16-8-4-3-5-9-16/h3-13,18,21-23H,14-15H2,1-2H3,(H,29,31)(H,33,34)/t18-,21-,22-,23?/m0/s1. The molecule has 174 valence electrons. The number of rotatable bonds is 6. The molecule has 1 aliphatic heterocycles. The number of aromatic nitrogens is 1. The summed E-state index contributed by atoms with van der Waals surface area (Å²) in [6.45, 7) is 4.65. The molecule has 7 nitrogen and oxygen atoms in total. The third-order valence-electron chi connectivity index (χ3n) is 7.45. The van der Waals surface area contributed by atoms with Gasteiger partial charge in [0.1, 0.15) is 17.8 Å². The van der Waals surface area contributed by atoms with Crippen molar-refractivity contribution < 1.29 is 19.5 Å². The van der Waals surface area contributed by atoms with Crippen molar-refractivity contribution in [2.45, 2.75) is 32.4 Å². The number of carboxylic acid groups (broad SMARTS) is 1. The zero-order valence-corrected chi connectivity index (χ0v) is 19.1. The average molecular weight is 458 g/mol. The second-order valence-electron chi connectivity index (χ2n) is 9.83. The number of para-hydroxylation sites is 1. The zero-order chi connectivity index (χ0) is 24.0. The fourth-order valence-corrected chi connectivity index (χ4v) is 5.43. The molecule has 7 heteroatoms. The van der Waals surface area contributed by atoms with Crippen LogP contribution in [-0.2, 0) is 16.0 Å². The molecule has 2 aliphatic rings. The van der Waals surface area contributed by atoms with Gasteiger partial charge in [-0.15, -0.1) is 0 Å². The van der Waals surface area contributed by atoms with Crippen LogP contribution in [0.25, 0.3) is 10.9 Å². The van der Waals surface area contributed by atoms with E-state index >= 15 is 0 Å². The third kappa shape index (κ3) is 3.81. The Morgan fingerprint density at radius 3 is 2.50 bits per heavy atom. The van der Waals surface area contributed by atoms with Crippen molar-refractivity contribution in [3.8, 4) is 0 Å². The molecule has 4 atom stereocenters. The number of nitrogens with zero attached hydrogens (tertiary/aromatic N) is 2. The predicted molar refractivity (Wildman–Crippen MR) is 127 cm³/mol. The molecule has 34 heavy (non-hydrogen) atoms. The zero-order valence-electron chi connectivity index (χ0n) is 19.1. The summed E-state index contributed by atoms with van der Waals surface area (Å²) in [7, 11) is 0. The smallest absolute Gasteiger partial charge is 0.326 e. The topological polar surface area (TPSA) is 99.6 Å². The number of carbonyl (C=O) groups excluding carboxylic acids is 2. The van der Waals surface area contributed by atoms with Gasteiger partial charge in [0, 0.05) is 18.4 Å². The Balaban J connectivity index is 1.39. The number of aliphatic carboxylic acids is 1. The largest absolute Gasteiger partial charge is 0.480 e. The number of hydrogen-bond donors (Lipinski definition) is 2. The number of piperidine rings is 1. The van der Waals surface area contributed by atoms with Crippen LogP contribution in [0.5, 0.6) is 0 Å². The molecule has 0 bridgehead atoms. The van der Waals surface area contributed by atoms with Gasteiger partial charge in [0.05, 0.1) is 5.52 Å². The first kappa shape index (κ1) is 22.1. The van der Waals surface area contributed by atoms with E-state index in [0.717, 1.165) is 10.9 Å². The van der Waals surface area contributed by atoms with Crippen LogP contribution < -0.4 is 5.32 Å². The monoisotopic (exact) mass is 457 g/mol. The van der Waals surface area contributed by atoms with Gasteiger partial charge >= 0.3 is 5.97 Å². The lowest BCUT2D eigenvalue weighted by molar-refractivity contribution is -0.142. The van der Waals surface area contributed by atoms with E-state index in [9.17, 15) is 19.5 Å². The van der Waals surface area contributed by atoms with Crippen molar-refractivity contribution in [3.05, 3.63) is 78.0 Å². The number of carboxylic acids is 1. The molecule has 0 radical (unpaired) electrons. The number of benzene rings is 2. The Labute approximate surface area is 197 Å². The summed E-state index contributed by atoms with van der Waals surface area (Å²) in [6, 6.07) is 18.5. The molecule has 2 fully saturated rings. The van der Waals surface area contributed by atoms with E-state index in [0.29, 0.717) is 12.1 Å². The van der Waals surface area contributed by atoms with Gasteiger partial charge in [-0.2, -0.15) is 0 Å². The summed E-state index contributed by atoms with van der Waals surface area (Å²) in [5.74, 6) is -1.64. The maximum Gasteiger partial charge on any atom is 0.326 e. The second-order valence-corrected chi connectivity index (χ2v) is 9.83. The Morgan fingerprint density at radius 2 is 1.76 bits per heavy atom. The molecule has 1 saturated heterocycles. The molecule has 2 N–H and O–H groups in total. The van der Waals surface area contributed by atoms with Gasteiger partial charge in [-0.1, -0.05) is 68.4 Å². The number of pyridine rings is 1. The van der Waals surface area contributed by atoms with E-state index in [1.54, 1.807) is 11.0 Å². The van der Waals surface area contributed by atoms with Gasteiger partial charge < -0.3 is 15.3 Å². The van der Waals surface area contributed by atoms with E-state index in [-0.39, 0.29) is 35.3 Å². The van der Waals surface area contributed by atoms with Crippen molar-refractivity contribution in [3.63, 3.8) is 0 Å². The van der Waals surface area contributed by atoms with Crippen LogP contribution in [0.1, 0.15) is 29.9 Å². The molecule has 2 heterocycles. The van der Waals surface area contributed by atoms with Crippen LogP contribution in [0.3, 0.4) is 0 Å². The number of amides is 2. The van der Waals surface area contributed by atoms with E-state index in [1.807, 2.05) is 60.7 Å². The highest BCUT2D eigenvalue weighted by Gasteiger charge is 2.69. The van der Waals surface area contributed by atoms with E-state index in [4.69, 9.17) is 0 Å². The first-order chi connectivity index (χ1) is 16.3. The van der Waals surface area contributed by atoms with E-state index in [1.165, 1.54) is 0 Å². The molecule has 2 aromatic carbocycles. The molecule has 1 saturated carbocycles. The lowest BCUT2D eigenvalue weighted by atomic mass is 9.99. The molecule has 0 spiro atoms. The highest BCUT2D eigenvalue weighted by molar-refractivity contribution is 5.99. The fourth-order valence-electron chi connectivity index (χ4n) is 5.43. The highest BCUT2D eigenvalue weighted by Crippen LogP contribution is 2.65. The van der Waals surface area contributed by atoms with Crippen molar-refractivity contribution in [2.75, 3.05) is 6.54 Å². The molecule has 1 unspecified atom stereocenters. The highest BCUT2D eigenvalue weighted by atomic mass is 16.4. The van der Waals surface area contributed by atoms with Gasteiger partial charge in [0.15, 0.2) is 0 Å². The minimum Gasteiger partial charge on any atom is -0.480 e. The quantitative estimate of drug-likeness (QED) is 0.592. The molecule has 5 rings (SSSR count). The Morgan fingerprint density at radius 1 is 1.06 bits per heavy atom. The lowest BCUT2D eigenvalue weighted by Crippen LogP contribution is -2.54. The summed E-state index contributed by atoms with van der Waals surface area (Å²) in [6.07, 6.45) is 0.173. The van der Waals surface area contributed by atoms with Crippen molar-refractivity contribution >= 4 is 28.7 Å². The number of hydrogen-bond acceptors (Lipinski definition) is 4. The van der Waals surface area contributed by atoms with Crippen LogP contribution in [0.15, 0.2) is 66.7 Å². The Hall–Kier alpha value is -3.74. The van der Waals surface area contributed by atoms with Crippen LogP contribution in [0, 0.1) is 17.3 Å². The Kier molecular flexibility index (Phi) is 5.35. The molecule has 3 aromatic rings. The molecular formula is C27H27N3O4. The first-order valence-electron chi connectivity index (χ1n) is 11.5. The summed E-state index contributed by atoms with van der Waals surface area (Å²) in [4.78, 5) is 44.9. The number of nitrogens with one attached hydrogen (secondary N) is 1. The molecule has 2 amide bonds. The Bertz CT molecular complexity index is 1270. The van der Waals surface area contributed by atoms with E-state index < -0.39 is 24.0 Å². The normalized spacial score (nSPS) is 23.2. The lowest BCUT2D eigenvalue weighted by Gasteiger charge is -2.30. The molecule has 1 aliphatic carbocycles. The van der Waals surface area contributed by atoms with Crippen molar-refractivity contribution in [1.29, 1.82) is 0 Å². The molecule has 1 aromatic heterocycles. The van der Waals surface area contributed by atoms with Crippen LogP contribution in [-0.4, -0.2) is 51.4 Å². The minimum atomic E-state index is -1.10. The minimum absolute atomic E-state index is 0.0110. The maximum atomic E-state index is 13.5. The first-order valence-corrected chi connectivity index (χ1v) is 11.5. The molecular weight excluding hydrogens is 430 g/mol. The van der Waals surface area contributed by atoms with Gasteiger partial charge in [-0.3, -0.25) is 9.59 Å². The van der Waals surface area contributed by atoms with Gasteiger partial charge in [0.2, 0.25) is 5.91 Å². The van der Waals surface area contributed by atoms with E-state index in [2.05, 4.69) is 24.1 Å². The number of carbonyl (C=O) groups is 3.